The van der Waals surface area contributed by atoms with Crippen LogP contribution >= 0.6 is 0 Å². The van der Waals surface area contributed by atoms with Crippen LogP contribution < -0.4 is 33.7 Å². The van der Waals surface area contributed by atoms with Crippen molar-refractivity contribution in [3.05, 3.63) is 59.2 Å². The third-order valence-corrected chi connectivity index (χ3v) is 7.91. The normalized spacial score (nSPS) is 23.9. The van der Waals surface area contributed by atoms with Crippen molar-refractivity contribution in [1.82, 2.24) is 0 Å². The van der Waals surface area contributed by atoms with Gasteiger partial charge in [0.2, 0.25) is 12.5 Å². The Labute approximate surface area is 224 Å². The van der Waals surface area contributed by atoms with Crippen LogP contribution in [0.5, 0.6) is 40.2 Å². The zero-order chi connectivity index (χ0) is 26.7. The highest BCUT2D eigenvalue weighted by Gasteiger charge is 2.52. The lowest BCUT2D eigenvalue weighted by Crippen LogP contribution is -2.37. The Balaban J connectivity index is 1.38. The second-order valence-electron chi connectivity index (χ2n) is 9.89. The van der Waals surface area contributed by atoms with E-state index in [1.54, 1.807) is 12.1 Å². The Morgan fingerprint density at radius 2 is 1.49 bits per heavy atom. The Morgan fingerprint density at radius 1 is 0.821 bits per heavy atom. The van der Waals surface area contributed by atoms with Crippen molar-refractivity contribution in [1.29, 1.82) is 0 Å². The fourth-order valence-electron chi connectivity index (χ4n) is 6.15. The molecule has 0 unspecified atom stereocenters. The van der Waals surface area contributed by atoms with E-state index in [4.69, 9.17) is 33.2 Å². The lowest BCUT2D eigenvalue weighted by atomic mass is 9.65. The smallest absolute Gasteiger partial charge is 0.310 e. The number of ether oxygens (including phenoxy) is 7. The van der Waals surface area contributed by atoms with E-state index < -0.39 is 11.8 Å². The maximum atomic E-state index is 13.3. The molecule has 0 aromatic heterocycles. The Morgan fingerprint density at radius 3 is 2.21 bits per heavy atom. The second kappa shape index (κ2) is 9.07. The number of nitrogens with one attached hydrogen (secondary N) is 1. The molecule has 0 amide bonds. The largest absolute Gasteiger partial charge is 0.502 e. The average Bonchev–Trinajstić information content (AvgIpc) is 3.58. The molecule has 0 radical (unpaired) electrons. The van der Waals surface area contributed by atoms with Crippen molar-refractivity contribution in [3.63, 3.8) is 0 Å². The molecule has 0 spiro atoms. The number of carbonyl (C=O) groups is 1. The molecule has 0 bridgehead atoms. The maximum Gasteiger partial charge on any atom is 0.310 e. The Bertz CT molecular complexity index is 1450. The number of carbonyl (C=O) groups excluding carboxylic acids is 1. The van der Waals surface area contributed by atoms with Gasteiger partial charge in [0.1, 0.15) is 13.2 Å². The third kappa shape index (κ3) is 3.73. The number of rotatable bonds is 5. The first kappa shape index (κ1) is 23.6. The van der Waals surface area contributed by atoms with E-state index in [0.717, 1.165) is 22.4 Å². The number of hydrogen-bond donors (Lipinski definition) is 2. The minimum absolute atomic E-state index is 0.103. The van der Waals surface area contributed by atoms with Crippen molar-refractivity contribution in [2.75, 3.05) is 46.1 Å². The van der Waals surface area contributed by atoms with Gasteiger partial charge in [-0.05, 0) is 53.1 Å². The standard InChI is InChI=1S/C29H27NO9/c1-33-23-7-14(8-24(34-2)28(23)31)25-16-10-21-22(39-13-38-21)11-17(16)27(18-12-37-29(32)26(18)25)30-15-3-4-19-20(9-15)36-6-5-35-19/h3-4,7-11,18,25-27,30-31H,5-6,12-13H2,1-2H3/t18-,25+,26-,27+/m0/s1. The summed E-state index contributed by atoms with van der Waals surface area (Å²) in [4.78, 5) is 13.3. The highest BCUT2D eigenvalue weighted by Crippen LogP contribution is 2.56. The molecule has 4 aliphatic rings. The summed E-state index contributed by atoms with van der Waals surface area (Å²) >= 11 is 0. The lowest BCUT2D eigenvalue weighted by molar-refractivity contribution is -0.141. The summed E-state index contributed by atoms with van der Waals surface area (Å²) in [6.45, 7) is 1.38. The highest BCUT2D eigenvalue weighted by molar-refractivity contribution is 5.79. The number of phenols is 1. The fourth-order valence-corrected chi connectivity index (χ4v) is 6.15. The highest BCUT2D eigenvalue weighted by atomic mass is 16.7. The van der Waals surface area contributed by atoms with Gasteiger partial charge in [-0.3, -0.25) is 4.79 Å². The molecule has 10 nitrogen and oxygen atoms in total. The molecule has 10 heteroatoms. The number of benzene rings is 3. The average molecular weight is 534 g/mol. The molecule has 39 heavy (non-hydrogen) atoms. The topological polar surface area (TPSA) is 114 Å². The van der Waals surface area contributed by atoms with Gasteiger partial charge in [0.05, 0.1) is 32.8 Å². The molecule has 202 valence electrons. The zero-order valence-electron chi connectivity index (χ0n) is 21.4. The zero-order valence-corrected chi connectivity index (χ0v) is 21.4. The molecule has 3 aromatic rings. The fraction of sp³-hybridized carbons (Fsp3) is 0.345. The van der Waals surface area contributed by atoms with Crippen molar-refractivity contribution in [3.8, 4) is 40.2 Å². The van der Waals surface area contributed by atoms with Gasteiger partial charge >= 0.3 is 5.97 Å². The number of esters is 1. The third-order valence-electron chi connectivity index (χ3n) is 7.91. The van der Waals surface area contributed by atoms with E-state index >= 15 is 0 Å². The van der Waals surface area contributed by atoms with Crippen LogP contribution in [-0.4, -0.2) is 51.9 Å². The first-order chi connectivity index (χ1) is 19.1. The quantitative estimate of drug-likeness (QED) is 0.467. The van der Waals surface area contributed by atoms with E-state index in [1.165, 1.54) is 14.2 Å². The molecule has 2 N–H and O–H groups in total. The predicted octanol–water partition coefficient (Wildman–Crippen LogP) is 4.00. The molecule has 3 aliphatic heterocycles. The van der Waals surface area contributed by atoms with Gasteiger partial charge in [0, 0.05) is 23.6 Å². The van der Waals surface area contributed by atoms with Crippen molar-refractivity contribution in [2.24, 2.45) is 11.8 Å². The number of fused-ring (bicyclic) bond motifs is 4. The number of aromatic hydroxyl groups is 1. The van der Waals surface area contributed by atoms with Crippen LogP contribution in [0.3, 0.4) is 0 Å². The van der Waals surface area contributed by atoms with E-state index in [2.05, 4.69) is 5.32 Å². The molecule has 4 atom stereocenters. The second-order valence-corrected chi connectivity index (χ2v) is 9.89. The summed E-state index contributed by atoms with van der Waals surface area (Å²) in [5.41, 5.74) is 3.44. The summed E-state index contributed by atoms with van der Waals surface area (Å²) < 4.78 is 39.5. The molecular weight excluding hydrogens is 506 g/mol. The number of methoxy groups -OCH3 is 2. The van der Waals surface area contributed by atoms with E-state index in [9.17, 15) is 9.90 Å². The van der Waals surface area contributed by atoms with Crippen LogP contribution in [0.4, 0.5) is 5.69 Å². The molecule has 1 fully saturated rings. The van der Waals surface area contributed by atoms with Crippen LogP contribution in [0.25, 0.3) is 0 Å². The van der Waals surface area contributed by atoms with E-state index in [-0.39, 0.29) is 48.6 Å². The van der Waals surface area contributed by atoms with Crippen LogP contribution in [-0.2, 0) is 9.53 Å². The Hall–Kier alpha value is -4.47. The first-order valence-electron chi connectivity index (χ1n) is 12.8. The number of hydrogen-bond acceptors (Lipinski definition) is 10. The monoisotopic (exact) mass is 533 g/mol. The number of anilines is 1. The summed E-state index contributed by atoms with van der Waals surface area (Å²) in [6.07, 6.45) is 0. The summed E-state index contributed by atoms with van der Waals surface area (Å²) in [5.74, 6) is 1.64. The molecule has 0 saturated carbocycles. The van der Waals surface area contributed by atoms with Gasteiger partial charge in [0.15, 0.2) is 34.5 Å². The maximum absolute atomic E-state index is 13.3. The van der Waals surface area contributed by atoms with Gasteiger partial charge in [0.25, 0.3) is 0 Å². The van der Waals surface area contributed by atoms with Gasteiger partial charge < -0.3 is 43.6 Å². The van der Waals surface area contributed by atoms with Crippen LogP contribution in [0.15, 0.2) is 42.5 Å². The van der Waals surface area contributed by atoms with Crippen molar-refractivity contribution < 1.29 is 43.1 Å². The summed E-state index contributed by atoms with van der Waals surface area (Å²) in [6, 6.07) is 12.9. The lowest BCUT2D eigenvalue weighted by Gasteiger charge is -2.40. The van der Waals surface area contributed by atoms with Gasteiger partial charge in [-0.15, -0.1) is 0 Å². The molecule has 1 saturated heterocycles. The van der Waals surface area contributed by atoms with E-state index in [1.807, 2.05) is 30.3 Å². The summed E-state index contributed by atoms with van der Waals surface area (Å²) in [5, 5.41) is 14.2. The summed E-state index contributed by atoms with van der Waals surface area (Å²) in [7, 11) is 2.95. The molecule has 3 heterocycles. The van der Waals surface area contributed by atoms with Crippen LogP contribution in [0.1, 0.15) is 28.7 Å². The molecule has 1 aliphatic carbocycles. The Kier molecular flexibility index (Phi) is 5.50. The number of cyclic esters (lactones) is 1. The van der Waals surface area contributed by atoms with Gasteiger partial charge in [-0.25, -0.2) is 0 Å². The van der Waals surface area contributed by atoms with Crippen molar-refractivity contribution >= 4 is 11.7 Å². The van der Waals surface area contributed by atoms with E-state index in [0.29, 0.717) is 36.2 Å². The van der Waals surface area contributed by atoms with Crippen LogP contribution in [0.2, 0.25) is 0 Å². The molecular formula is C29H27NO9. The SMILES string of the molecule is COc1cc([C@@H]2c3cc4c(cc3[C@@H](Nc3ccc5c(c3)OCCO5)[C@H]3COC(=O)[C@H]23)OCO4)cc(OC)c1O. The molecule has 7 rings (SSSR count). The van der Waals surface area contributed by atoms with Crippen LogP contribution in [0, 0.1) is 11.8 Å². The molecule has 3 aromatic carbocycles. The number of phenolic OH excluding ortho intramolecular Hbond substituents is 1. The minimum atomic E-state index is -0.508. The van der Waals surface area contributed by atoms with Gasteiger partial charge in [-0.2, -0.15) is 0 Å². The van der Waals surface area contributed by atoms with Crippen molar-refractivity contribution in [2.45, 2.75) is 12.0 Å². The minimum Gasteiger partial charge on any atom is -0.502 e. The first-order valence-corrected chi connectivity index (χ1v) is 12.8. The van der Waals surface area contributed by atoms with Gasteiger partial charge in [-0.1, -0.05) is 0 Å². The predicted molar refractivity (Wildman–Crippen MR) is 137 cm³/mol.